The minimum atomic E-state index is -4.48. The number of alkyl halides is 3. The van der Waals surface area contributed by atoms with Gasteiger partial charge in [0.2, 0.25) is 0 Å². The Bertz CT molecular complexity index is 884. The third-order valence-corrected chi connectivity index (χ3v) is 3.46. The van der Waals surface area contributed by atoms with Gasteiger partial charge < -0.3 is 5.32 Å². The summed E-state index contributed by atoms with van der Waals surface area (Å²) in [5.74, 6) is -0.522. The van der Waals surface area contributed by atoms with Crippen molar-refractivity contribution in [2.45, 2.75) is 13.1 Å². The van der Waals surface area contributed by atoms with Crippen LogP contribution >= 0.6 is 0 Å². The number of halogens is 3. The quantitative estimate of drug-likeness (QED) is 0.778. The molecule has 0 fully saturated rings. The maximum Gasteiger partial charge on any atom is 0.417 e. The van der Waals surface area contributed by atoms with E-state index >= 15 is 0 Å². The van der Waals surface area contributed by atoms with E-state index in [9.17, 15) is 18.0 Å². The molecule has 0 aliphatic rings. The number of rotatable bonds is 2. The van der Waals surface area contributed by atoms with Gasteiger partial charge in [0.1, 0.15) is 11.3 Å². The fourth-order valence-corrected chi connectivity index (χ4v) is 2.22. The molecular formula is C16H12F3N3O. The molecule has 0 saturated carbocycles. The van der Waals surface area contributed by atoms with Crippen molar-refractivity contribution in [2.75, 3.05) is 5.32 Å². The van der Waals surface area contributed by atoms with Crippen LogP contribution in [0, 0.1) is 6.92 Å². The van der Waals surface area contributed by atoms with Crippen molar-refractivity contribution in [3.8, 4) is 0 Å². The van der Waals surface area contributed by atoms with Crippen LogP contribution in [0.4, 0.5) is 18.9 Å². The Morgan fingerprint density at radius 1 is 1.17 bits per heavy atom. The number of para-hydroxylation sites is 1. The third-order valence-electron chi connectivity index (χ3n) is 3.46. The number of aryl methyl sites for hydroxylation is 1. The molecular weight excluding hydrogens is 307 g/mol. The first-order valence-corrected chi connectivity index (χ1v) is 6.77. The van der Waals surface area contributed by atoms with Gasteiger partial charge in [0.15, 0.2) is 0 Å². The largest absolute Gasteiger partial charge is 0.417 e. The Morgan fingerprint density at radius 3 is 2.61 bits per heavy atom. The molecule has 0 saturated heterocycles. The number of aromatic nitrogens is 2. The SMILES string of the molecule is Cc1ccccc1NC(=O)c1cnc2ccc(C(F)(F)F)cn12. The predicted molar refractivity (Wildman–Crippen MR) is 79.3 cm³/mol. The number of benzene rings is 1. The second-order valence-corrected chi connectivity index (χ2v) is 5.06. The van der Waals surface area contributed by atoms with Crippen molar-refractivity contribution >= 4 is 17.2 Å². The number of hydrogen-bond donors (Lipinski definition) is 1. The minimum absolute atomic E-state index is 0.0364. The molecule has 0 radical (unpaired) electrons. The topological polar surface area (TPSA) is 46.4 Å². The zero-order chi connectivity index (χ0) is 16.6. The molecule has 2 aromatic heterocycles. The van der Waals surface area contributed by atoms with Crippen LogP contribution in [-0.2, 0) is 6.18 Å². The number of carbonyl (C=O) groups is 1. The molecule has 7 heteroatoms. The Kier molecular flexibility index (Phi) is 3.55. The van der Waals surface area contributed by atoms with Crippen molar-refractivity contribution < 1.29 is 18.0 Å². The maximum atomic E-state index is 12.8. The van der Waals surface area contributed by atoms with Gasteiger partial charge in [0.25, 0.3) is 5.91 Å². The zero-order valence-electron chi connectivity index (χ0n) is 12.1. The summed E-state index contributed by atoms with van der Waals surface area (Å²) in [6, 6.07) is 9.30. The molecule has 0 aliphatic carbocycles. The molecule has 0 unspecified atom stereocenters. The van der Waals surface area contributed by atoms with Gasteiger partial charge in [-0.25, -0.2) is 4.98 Å². The molecule has 3 aromatic rings. The lowest BCUT2D eigenvalue weighted by atomic mass is 10.2. The summed E-state index contributed by atoms with van der Waals surface area (Å²) >= 11 is 0. The fourth-order valence-electron chi connectivity index (χ4n) is 2.22. The van der Waals surface area contributed by atoms with Crippen LogP contribution in [0.3, 0.4) is 0 Å². The highest BCUT2D eigenvalue weighted by Gasteiger charge is 2.31. The Hall–Kier alpha value is -2.83. The van der Waals surface area contributed by atoms with Gasteiger partial charge in [0, 0.05) is 11.9 Å². The average molecular weight is 319 g/mol. The second kappa shape index (κ2) is 5.42. The van der Waals surface area contributed by atoms with Crippen molar-refractivity contribution in [2.24, 2.45) is 0 Å². The highest BCUT2D eigenvalue weighted by Crippen LogP contribution is 2.29. The van der Waals surface area contributed by atoms with E-state index in [1.807, 2.05) is 19.1 Å². The first kappa shape index (κ1) is 15.1. The van der Waals surface area contributed by atoms with Crippen molar-refractivity contribution in [1.82, 2.24) is 9.38 Å². The van der Waals surface area contributed by atoms with Crippen LogP contribution in [0.25, 0.3) is 5.65 Å². The van der Waals surface area contributed by atoms with Gasteiger partial charge in [-0.3, -0.25) is 9.20 Å². The normalized spacial score (nSPS) is 11.7. The van der Waals surface area contributed by atoms with Crippen LogP contribution in [0.5, 0.6) is 0 Å². The molecule has 2 heterocycles. The highest BCUT2D eigenvalue weighted by atomic mass is 19.4. The van der Waals surface area contributed by atoms with Gasteiger partial charge in [-0.2, -0.15) is 13.2 Å². The van der Waals surface area contributed by atoms with Crippen molar-refractivity contribution in [3.05, 3.63) is 65.6 Å². The number of carbonyl (C=O) groups excluding carboxylic acids is 1. The van der Waals surface area contributed by atoms with Crippen LogP contribution in [-0.4, -0.2) is 15.3 Å². The van der Waals surface area contributed by atoms with Crippen LogP contribution in [0.2, 0.25) is 0 Å². The summed E-state index contributed by atoms with van der Waals surface area (Å²) in [5, 5.41) is 2.68. The van der Waals surface area contributed by atoms with Gasteiger partial charge in [-0.1, -0.05) is 18.2 Å². The van der Waals surface area contributed by atoms with Gasteiger partial charge >= 0.3 is 6.18 Å². The fraction of sp³-hybridized carbons (Fsp3) is 0.125. The maximum absolute atomic E-state index is 12.8. The van der Waals surface area contributed by atoms with E-state index in [-0.39, 0.29) is 11.3 Å². The minimum Gasteiger partial charge on any atom is -0.320 e. The number of fused-ring (bicyclic) bond motifs is 1. The first-order chi connectivity index (χ1) is 10.9. The zero-order valence-corrected chi connectivity index (χ0v) is 12.1. The third kappa shape index (κ3) is 2.90. The molecule has 1 N–H and O–H groups in total. The molecule has 1 aromatic carbocycles. The molecule has 1 amide bonds. The molecule has 0 atom stereocenters. The van der Waals surface area contributed by atoms with Crippen LogP contribution in [0.15, 0.2) is 48.8 Å². The Balaban J connectivity index is 1.99. The monoisotopic (exact) mass is 319 g/mol. The van der Waals surface area contributed by atoms with E-state index in [1.165, 1.54) is 12.3 Å². The summed E-state index contributed by atoms with van der Waals surface area (Å²) in [7, 11) is 0. The number of pyridine rings is 1. The van der Waals surface area contributed by atoms with E-state index in [0.717, 1.165) is 22.2 Å². The van der Waals surface area contributed by atoms with Crippen molar-refractivity contribution in [1.29, 1.82) is 0 Å². The van der Waals surface area contributed by atoms with Crippen LogP contribution in [0.1, 0.15) is 21.6 Å². The second-order valence-electron chi connectivity index (χ2n) is 5.06. The van der Waals surface area contributed by atoms with E-state index in [4.69, 9.17) is 0 Å². The standard InChI is InChI=1S/C16H12F3N3O/c1-10-4-2-3-5-12(10)21-15(23)13-8-20-14-7-6-11(9-22(13)14)16(17,18)19/h2-9H,1H3,(H,21,23). The molecule has 0 spiro atoms. The highest BCUT2D eigenvalue weighted by molar-refractivity contribution is 6.03. The van der Waals surface area contributed by atoms with Gasteiger partial charge in [0.05, 0.1) is 11.8 Å². The first-order valence-electron chi connectivity index (χ1n) is 6.77. The number of amides is 1. The summed E-state index contributed by atoms with van der Waals surface area (Å²) in [6.07, 6.45) is -2.36. The predicted octanol–water partition coefficient (Wildman–Crippen LogP) is 3.91. The van der Waals surface area contributed by atoms with E-state index < -0.39 is 17.6 Å². The lowest BCUT2D eigenvalue weighted by molar-refractivity contribution is -0.137. The molecule has 4 nitrogen and oxygen atoms in total. The Morgan fingerprint density at radius 2 is 1.91 bits per heavy atom. The number of imidazole rings is 1. The van der Waals surface area contributed by atoms with E-state index in [2.05, 4.69) is 10.3 Å². The number of anilines is 1. The van der Waals surface area contributed by atoms with Crippen LogP contribution < -0.4 is 5.32 Å². The van der Waals surface area contributed by atoms with Gasteiger partial charge in [-0.15, -0.1) is 0 Å². The Labute approximate surface area is 129 Å². The average Bonchev–Trinajstić information content (AvgIpc) is 2.91. The van der Waals surface area contributed by atoms with E-state index in [0.29, 0.717) is 5.69 Å². The van der Waals surface area contributed by atoms with Crippen molar-refractivity contribution in [3.63, 3.8) is 0 Å². The van der Waals surface area contributed by atoms with E-state index in [1.54, 1.807) is 12.1 Å². The lowest BCUT2D eigenvalue weighted by Crippen LogP contribution is -2.15. The number of hydrogen-bond acceptors (Lipinski definition) is 2. The number of nitrogens with one attached hydrogen (secondary N) is 1. The molecule has 0 aliphatic heterocycles. The lowest BCUT2D eigenvalue weighted by Gasteiger charge is -2.10. The molecule has 0 bridgehead atoms. The smallest absolute Gasteiger partial charge is 0.320 e. The molecule has 23 heavy (non-hydrogen) atoms. The summed E-state index contributed by atoms with van der Waals surface area (Å²) in [4.78, 5) is 16.3. The molecule has 118 valence electrons. The summed E-state index contributed by atoms with van der Waals surface area (Å²) < 4.78 is 39.6. The van der Waals surface area contributed by atoms with Gasteiger partial charge in [-0.05, 0) is 30.7 Å². The summed E-state index contributed by atoms with van der Waals surface area (Å²) in [6.45, 7) is 1.83. The summed E-state index contributed by atoms with van der Waals surface area (Å²) in [5.41, 5.74) is 0.917. The number of nitrogens with zero attached hydrogens (tertiary/aromatic N) is 2. The molecule has 3 rings (SSSR count).